The summed E-state index contributed by atoms with van der Waals surface area (Å²) < 4.78 is 20.3. The Morgan fingerprint density at radius 2 is 1.88 bits per heavy atom. The number of aromatic nitrogens is 1. The SMILES string of the molecule is COc1ccc(CN(C)C(=O)c2cc3ccc(F)cc3n2C)cc1. The molecule has 124 valence electrons. The van der Waals surface area contributed by atoms with Crippen LogP contribution in [0.2, 0.25) is 0 Å². The number of nitrogens with zero attached hydrogens (tertiary/aromatic N) is 2. The number of fused-ring (bicyclic) bond motifs is 1. The van der Waals surface area contributed by atoms with Crippen LogP contribution in [0.3, 0.4) is 0 Å². The van der Waals surface area contributed by atoms with E-state index < -0.39 is 0 Å². The summed E-state index contributed by atoms with van der Waals surface area (Å²) in [6.45, 7) is 0.485. The van der Waals surface area contributed by atoms with E-state index in [1.807, 2.05) is 24.3 Å². The first kappa shape index (κ1) is 16.1. The Morgan fingerprint density at radius 3 is 2.54 bits per heavy atom. The molecule has 2 aromatic carbocycles. The number of aryl methyl sites for hydroxylation is 1. The van der Waals surface area contributed by atoms with Gasteiger partial charge in [0.1, 0.15) is 17.3 Å². The van der Waals surface area contributed by atoms with Crippen molar-refractivity contribution < 1.29 is 13.9 Å². The van der Waals surface area contributed by atoms with Gasteiger partial charge in [-0.25, -0.2) is 4.39 Å². The minimum absolute atomic E-state index is 0.107. The molecular formula is C19H19FN2O2. The van der Waals surface area contributed by atoms with Crippen LogP contribution in [-0.2, 0) is 13.6 Å². The number of carbonyl (C=O) groups excluding carboxylic acids is 1. The molecule has 1 amide bonds. The Balaban J connectivity index is 1.83. The van der Waals surface area contributed by atoms with E-state index in [-0.39, 0.29) is 11.7 Å². The second kappa shape index (κ2) is 6.35. The number of hydrogen-bond acceptors (Lipinski definition) is 2. The number of methoxy groups -OCH3 is 1. The molecule has 0 aliphatic rings. The second-order valence-corrected chi connectivity index (χ2v) is 5.80. The van der Waals surface area contributed by atoms with Crippen molar-refractivity contribution in [1.82, 2.24) is 9.47 Å². The van der Waals surface area contributed by atoms with E-state index in [4.69, 9.17) is 4.74 Å². The molecule has 0 spiro atoms. The van der Waals surface area contributed by atoms with Crippen molar-refractivity contribution in [2.75, 3.05) is 14.2 Å². The molecule has 0 atom stereocenters. The Labute approximate surface area is 140 Å². The third kappa shape index (κ3) is 2.97. The molecule has 3 aromatic rings. The van der Waals surface area contributed by atoms with Gasteiger partial charge in [-0.3, -0.25) is 4.79 Å². The second-order valence-electron chi connectivity index (χ2n) is 5.80. The molecule has 5 heteroatoms. The third-order valence-corrected chi connectivity index (χ3v) is 4.15. The predicted octanol–water partition coefficient (Wildman–Crippen LogP) is 3.60. The van der Waals surface area contributed by atoms with Gasteiger partial charge in [0.25, 0.3) is 5.91 Å². The van der Waals surface area contributed by atoms with Crippen molar-refractivity contribution in [2.45, 2.75) is 6.54 Å². The van der Waals surface area contributed by atoms with Crippen LogP contribution in [0.25, 0.3) is 10.9 Å². The number of halogens is 1. The molecule has 1 heterocycles. The molecule has 0 unspecified atom stereocenters. The zero-order valence-corrected chi connectivity index (χ0v) is 13.9. The van der Waals surface area contributed by atoms with Gasteiger partial charge in [-0.1, -0.05) is 12.1 Å². The lowest BCUT2D eigenvalue weighted by molar-refractivity contribution is 0.0776. The zero-order chi connectivity index (χ0) is 17.3. The molecule has 0 N–H and O–H groups in total. The minimum atomic E-state index is -0.311. The van der Waals surface area contributed by atoms with Gasteiger partial charge in [-0.05, 0) is 42.0 Å². The van der Waals surface area contributed by atoms with Crippen LogP contribution in [0.1, 0.15) is 16.1 Å². The fourth-order valence-corrected chi connectivity index (χ4v) is 2.78. The van der Waals surface area contributed by atoms with E-state index in [1.54, 1.807) is 42.8 Å². The van der Waals surface area contributed by atoms with Gasteiger partial charge in [-0.2, -0.15) is 0 Å². The van der Waals surface area contributed by atoms with Gasteiger partial charge in [0.15, 0.2) is 0 Å². The van der Waals surface area contributed by atoms with E-state index in [0.29, 0.717) is 17.8 Å². The molecule has 0 aliphatic carbocycles. The van der Waals surface area contributed by atoms with Crippen LogP contribution in [0.15, 0.2) is 48.5 Å². The highest BCUT2D eigenvalue weighted by Crippen LogP contribution is 2.21. The highest BCUT2D eigenvalue weighted by Gasteiger charge is 2.17. The number of carbonyl (C=O) groups is 1. The Kier molecular flexibility index (Phi) is 4.25. The highest BCUT2D eigenvalue weighted by molar-refractivity contribution is 5.98. The normalized spacial score (nSPS) is 10.8. The van der Waals surface area contributed by atoms with Gasteiger partial charge in [0.05, 0.1) is 12.6 Å². The maximum absolute atomic E-state index is 13.4. The zero-order valence-electron chi connectivity index (χ0n) is 13.9. The number of rotatable bonds is 4. The van der Waals surface area contributed by atoms with Crippen LogP contribution >= 0.6 is 0 Å². The average molecular weight is 326 g/mol. The van der Waals surface area contributed by atoms with Gasteiger partial charge < -0.3 is 14.2 Å². The Hall–Kier alpha value is -2.82. The molecule has 0 bridgehead atoms. The summed E-state index contributed by atoms with van der Waals surface area (Å²) in [6.07, 6.45) is 0. The number of benzene rings is 2. The van der Waals surface area contributed by atoms with E-state index in [9.17, 15) is 9.18 Å². The molecule has 4 nitrogen and oxygen atoms in total. The lowest BCUT2D eigenvalue weighted by Gasteiger charge is -2.18. The standard InChI is InChI=1S/C19H19FN2O2/c1-21(12-13-4-8-16(24-3)9-5-13)19(23)18-10-14-6-7-15(20)11-17(14)22(18)2/h4-11H,12H2,1-3H3. The minimum Gasteiger partial charge on any atom is -0.497 e. The summed E-state index contributed by atoms with van der Waals surface area (Å²) in [5.74, 6) is 0.364. The topological polar surface area (TPSA) is 34.5 Å². The largest absolute Gasteiger partial charge is 0.497 e. The van der Waals surface area contributed by atoms with Crippen LogP contribution in [0.5, 0.6) is 5.75 Å². The molecule has 0 fully saturated rings. The van der Waals surface area contributed by atoms with Crippen LogP contribution in [0.4, 0.5) is 4.39 Å². The van der Waals surface area contributed by atoms with Gasteiger partial charge >= 0.3 is 0 Å². The Bertz CT molecular complexity index is 884. The van der Waals surface area contributed by atoms with Gasteiger partial charge in [0.2, 0.25) is 0 Å². The summed E-state index contributed by atoms with van der Waals surface area (Å²) in [5.41, 5.74) is 2.25. The van der Waals surface area contributed by atoms with E-state index in [0.717, 1.165) is 16.7 Å². The molecule has 3 rings (SSSR count). The lowest BCUT2D eigenvalue weighted by atomic mass is 10.2. The van der Waals surface area contributed by atoms with Crippen molar-refractivity contribution in [3.05, 3.63) is 65.6 Å². The van der Waals surface area contributed by atoms with Crippen molar-refractivity contribution in [2.24, 2.45) is 7.05 Å². The summed E-state index contributed by atoms with van der Waals surface area (Å²) in [5, 5.41) is 0.847. The van der Waals surface area contributed by atoms with Crippen molar-refractivity contribution in [3.63, 3.8) is 0 Å². The Morgan fingerprint density at radius 1 is 1.17 bits per heavy atom. The monoisotopic (exact) mass is 326 g/mol. The van der Waals surface area contributed by atoms with Gasteiger partial charge in [0, 0.05) is 26.0 Å². The first-order chi connectivity index (χ1) is 11.5. The fraction of sp³-hybridized carbons (Fsp3) is 0.211. The van der Waals surface area contributed by atoms with Crippen LogP contribution < -0.4 is 4.74 Å². The molecule has 1 aromatic heterocycles. The van der Waals surface area contributed by atoms with Gasteiger partial charge in [-0.15, -0.1) is 0 Å². The molecule has 0 saturated carbocycles. The first-order valence-corrected chi connectivity index (χ1v) is 7.63. The predicted molar refractivity (Wildman–Crippen MR) is 91.7 cm³/mol. The highest BCUT2D eigenvalue weighted by atomic mass is 19.1. The first-order valence-electron chi connectivity index (χ1n) is 7.63. The average Bonchev–Trinajstić information content (AvgIpc) is 2.91. The molecule has 0 radical (unpaired) electrons. The number of amides is 1. The third-order valence-electron chi connectivity index (χ3n) is 4.15. The molecule has 0 aliphatic heterocycles. The van der Waals surface area contributed by atoms with Crippen molar-refractivity contribution in [3.8, 4) is 5.75 Å². The maximum Gasteiger partial charge on any atom is 0.270 e. The van der Waals surface area contributed by atoms with Crippen LogP contribution in [-0.4, -0.2) is 29.5 Å². The lowest BCUT2D eigenvalue weighted by Crippen LogP contribution is -2.27. The summed E-state index contributed by atoms with van der Waals surface area (Å²) >= 11 is 0. The molecular weight excluding hydrogens is 307 g/mol. The van der Waals surface area contributed by atoms with Crippen molar-refractivity contribution in [1.29, 1.82) is 0 Å². The summed E-state index contributed by atoms with van der Waals surface area (Å²) in [4.78, 5) is 14.4. The molecule has 24 heavy (non-hydrogen) atoms. The quantitative estimate of drug-likeness (QED) is 0.734. The summed E-state index contributed by atoms with van der Waals surface area (Å²) in [7, 11) is 5.15. The van der Waals surface area contributed by atoms with E-state index in [2.05, 4.69) is 0 Å². The number of ether oxygens (including phenoxy) is 1. The van der Waals surface area contributed by atoms with E-state index >= 15 is 0 Å². The van der Waals surface area contributed by atoms with Crippen molar-refractivity contribution >= 4 is 16.8 Å². The maximum atomic E-state index is 13.4. The summed E-state index contributed by atoms with van der Waals surface area (Å²) in [6, 6.07) is 13.9. The fourth-order valence-electron chi connectivity index (χ4n) is 2.78. The number of hydrogen-bond donors (Lipinski definition) is 0. The smallest absolute Gasteiger partial charge is 0.270 e. The van der Waals surface area contributed by atoms with Crippen LogP contribution in [0, 0.1) is 5.82 Å². The van der Waals surface area contributed by atoms with E-state index in [1.165, 1.54) is 12.1 Å². The molecule has 0 saturated heterocycles.